The number of phenolic OH excluding ortho intramolecular Hbond substituents is 1. The van der Waals surface area contributed by atoms with E-state index in [1.807, 2.05) is 5.09 Å². The van der Waals surface area contributed by atoms with Crippen LogP contribution in [0.4, 0.5) is 0 Å². The first-order valence-electron chi connectivity index (χ1n) is 7.08. The van der Waals surface area contributed by atoms with Crippen molar-refractivity contribution >= 4 is 13.5 Å². The number of aromatic hydroxyl groups is 1. The predicted molar refractivity (Wildman–Crippen MR) is 84.6 cm³/mol. The molecule has 0 spiro atoms. The maximum absolute atomic E-state index is 11.4. The van der Waals surface area contributed by atoms with Crippen molar-refractivity contribution in [3.63, 3.8) is 0 Å². The van der Waals surface area contributed by atoms with Gasteiger partial charge in [0.2, 0.25) is 0 Å². The molecule has 8 nitrogen and oxygen atoms in total. The van der Waals surface area contributed by atoms with Crippen molar-refractivity contribution < 1.29 is 34.5 Å². The molecular weight excluding hydrogens is 337 g/mol. The van der Waals surface area contributed by atoms with Crippen LogP contribution in [-0.2, 0) is 15.8 Å². The zero-order valence-electron chi connectivity index (χ0n) is 12.6. The number of carbonyl (C=O) groups excluding carboxylic acids is 1. The van der Waals surface area contributed by atoms with Gasteiger partial charge in [-0.1, -0.05) is 12.1 Å². The highest BCUT2D eigenvalue weighted by molar-refractivity contribution is 7.49. The molecule has 0 saturated carbocycles. The molecule has 2 rings (SSSR count). The van der Waals surface area contributed by atoms with Crippen LogP contribution >= 0.6 is 7.75 Å². The summed E-state index contributed by atoms with van der Waals surface area (Å²) in [5, 5.41) is 31.9. The van der Waals surface area contributed by atoms with Crippen molar-refractivity contribution in [2.24, 2.45) is 0 Å². The van der Waals surface area contributed by atoms with Crippen molar-refractivity contribution in [1.82, 2.24) is 5.09 Å². The number of hydrogen-bond acceptors (Lipinski definition) is 5. The van der Waals surface area contributed by atoms with Crippen molar-refractivity contribution in [3.8, 4) is 5.75 Å². The average molecular weight is 355 g/mol. The quantitative estimate of drug-likeness (QED) is 0.319. The highest BCUT2D eigenvalue weighted by Crippen LogP contribution is 2.36. The minimum Gasteiger partial charge on any atom is -0.508 e. The molecule has 1 aromatic rings. The number of aliphatic hydroxyl groups is 2. The highest BCUT2D eigenvalue weighted by Gasteiger charge is 2.33. The third-order valence-corrected chi connectivity index (χ3v) is 4.06. The molecule has 0 atom stereocenters. The topological polar surface area (TPSA) is 147 Å². The van der Waals surface area contributed by atoms with Gasteiger partial charge in [0, 0.05) is 17.7 Å². The zero-order chi connectivity index (χ0) is 18.0. The number of allylic oxidation sites excluding steroid dienone is 2. The SMILES string of the molecule is O=C1C=CC(C(O)(O)CCc2cccc(O)c2)=C(NP(=O)(O)O)C1. The molecule has 0 amide bonds. The highest BCUT2D eigenvalue weighted by atomic mass is 31.2. The van der Waals surface area contributed by atoms with Crippen molar-refractivity contribution in [3.05, 3.63) is 53.3 Å². The number of hydrogen-bond donors (Lipinski definition) is 6. The van der Waals surface area contributed by atoms with Crippen molar-refractivity contribution in [1.29, 1.82) is 0 Å². The van der Waals surface area contributed by atoms with Crippen LogP contribution in [0.1, 0.15) is 18.4 Å². The number of phenols is 1. The first kappa shape index (κ1) is 18.4. The number of rotatable bonds is 6. The lowest BCUT2D eigenvalue weighted by Gasteiger charge is -2.28. The Balaban J connectivity index is 2.23. The van der Waals surface area contributed by atoms with Crippen LogP contribution in [0.2, 0.25) is 0 Å². The van der Waals surface area contributed by atoms with Crippen LogP contribution in [0.15, 0.2) is 47.7 Å². The zero-order valence-corrected chi connectivity index (χ0v) is 13.5. The van der Waals surface area contributed by atoms with Gasteiger partial charge >= 0.3 is 7.75 Å². The van der Waals surface area contributed by atoms with Crippen LogP contribution in [0.3, 0.4) is 0 Å². The van der Waals surface area contributed by atoms with Gasteiger partial charge in [0.05, 0.1) is 6.42 Å². The van der Waals surface area contributed by atoms with Crippen LogP contribution < -0.4 is 5.09 Å². The maximum atomic E-state index is 11.4. The van der Waals surface area contributed by atoms with E-state index in [0.29, 0.717) is 5.56 Å². The Morgan fingerprint density at radius 1 is 1.21 bits per heavy atom. The number of aryl methyl sites for hydroxylation is 1. The van der Waals surface area contributed by atoms with Gasteiger partial charge < -0.3 is 25.1 Å². The Kier molecular flexibility index (Phi) is 5.27. The fraction of sp³-hybridized carbons (Fsp3) is 0.267. The first-order chi connectivity index (χ1) is 11.1. The van der Waals surface area contributed by atoms with Crippen LogP contribution in [0.5, 0.6) is 5.75 Å². The van der Waals surface area contributed by atoms with E-state index in [1.54, 1.807) is 12.1 Å². The average Bonchev–Trinajstić information content (AvgIpc) is 2.43. The van der Waals surface area contributed by atoms with E-state index in [4.69, 9.17) is 9.79 Å². The summed E-state index contributed by atoms with van der Waals surface area (Å²) in [5.74, 6) is -2.78. The monoisotopic (exact) mass is 355 g/mol. The van der Waals surface area contributed by atoms with Gasteiger partial charge in [-0.2, -0.15) is 0 Å². The summed E-state index contributed by atoms with van der Waals surface area (Å²) in [6, 6.07) is 6.26. The molecule has 0 aliphatic heterocycles. The minimum atomic E-state index is -4.70. The predicted octanol–water partition coefficient (Wildman–Crippen LogP) is 0.471. The summed E-state index contributed by atoms with van der Waals surface area (Å²) in [7, 11) is -4.70. The number of ketones is 1. The first-order valence-corrected chi connectivity index (χ1v) is 8.69. The fourth-order valence-corrected chi connectivity index (χ4v) is 2.97. The second-order valence-electron chi connectivity index (χ2n) is 5.51. The van der Waals surface area contributed by atoms with Gasteiger partial charge in [-0.05, 0) is 36.3 Å². The Labute approximate surface area is 138 Å². The molecule has 1 aliphatic rings. The largest absolute Gasteiger partial charge is 0.508 e. The number of nitrogens with one attached hydrogen (secondary N) is 1. The molecule has 0 unspecified atom stereocenters. The smallest absolute Gasteiger partial charge is 0.427 e. The van der Waals surface area contributed by atoms with Gasteiger partial charge in [0.15, 0.2) is 11.6 Å². The molecule has 0 heterocycles. The van der Waals surface area contributed by atoms with Gasteiger partial charge in [0.1, 0.15) is 5.75 Å². The summed E-state index contributed by atoms with van der Waals surface area (Å²) in [6.45, 7) is 0. The van der Waals surface area contributed by atoms with E-state index in [9.17, 15) is 24.7 Å². The van der Waals surface area contributed by atoms with Crippen LogP contribution in [0, 0.1) is 0 Å². The molecule has 1 aromatic carbocycles. The lowest BCUT2D eigenvalue weighted by molar-refractivity contribution is -0.131. The lowest BCUT2D eigenvalue weighted by atomic mass is 9.91. The molecule has 0 aromatic heterocycles. The third kappa shape index (κ3) is 5.02. The minimum absolute atomic E-state index is 0.0419. The maximum Gasteiger partial charge on any atom is 0.427 e. The van der Waals surface area contributed by atoms with Crippen molar-refractivity contribution in [2.45, 2.75) is 25.0 Å². The van der Waals surface area contributed by atoms with E-state index in [1.165, 1.54) is 12.1 Å². The molecule has 1 aliphatic carbocycles. The Bertz CT molecular complexity index is 748. The van der Waals surface area contributed by atoms with E-state index < -0.39 is 19.3 Å². The summed E-state index contributed by atoms with van der Waals surface area (Å²) in [4.78, 5) is 29.5. The Hall–Kier alpha value is -1.96. The molecule has 130 valence electrons. The molecule has 0 saturated heterocycles. The third-order valence-electron chi connectivity index (χ3n) is 3.50. The van der Waals surface area contributed by atoms with Gasteiger partial charge in [-0.3, -0.25) is 9.88 Å². The Morgan fingerprint density at radius 2 is 1.92 bits per heavy atom. The van der Waals surface area contributed by atoms with Crippen LogP contribution in [-0.4, -0.2) is 36.7 Å². The standard InChI is InChI=1S/C15H18NO7P/c17-11-3-1-2-10(8-11)6-7-15(19,20)13-5-4-12(18)9-14(13)16-24(21,22)23/h1-5,8,17,19-20H,6-7,9H2,(H3,16,21,22,23). The second kappa shape index (κ2) is 6.88. The molecule has 6 N–H and O–H groups in total. The molecule has 0 radical (unpaired) electrons. The molecular formula is C15H18NO7P. The normalized spacial score (nSPS) is 15.8. The lowest BCUT2D eigenvalue weighted by Crippen LogP contribution is -2.35. The van der Waals surface area contributed by atoms with Gasteiger partial charge in [0.25, 0.3) is 0 Å². The van der Waals surface area contributed by atoms with Crippen molar-refractivity contribution in [2.75, 3.05) is 0 Å². The van der Waals surface area contributed by atoms with E-state index in [0.717, 1.165) is 12.2 Å². The number of benzene rings is 1. The second-order valence-corrected chi connectivity index (χ2v) is 6.82. The molecule has 24 heavy (non-hydrogen) atoms. The Morgan fingerprint density at radius 3 is 2.54 bits per heavy atom. The van der Waals surface area contributed by atoms with E-state index in [-0.39, 0.29) is 36.3 Å². The fourth-order valence-electron chi connectivity index (χ4n) is 2.42. The summed E-state index contributed by atoms with van der Waals surface area (Å²) < 4.78 is 11.1. The molecule has 9 heteroatoms. The molecule has 0 fully saturated rings. The molecule has 0 bridgehead atoms. The van der Waals surface area contributed by atoms with E-state index in [2.05, 4.69) is 0 Å². The van der Waals surface area contributed by atoms with E-state index >= 15 is 0 Å². The summed E-state index contributed by atoms with van der Waals surface area (Å²) in [6.07, 6.45) is 1.88. The van der Waals surface area contributed by atoms with Crippen LogP contribution in [0.25, 0.3) is 0 Å². The summed E-state index contributed by atoms with van der Waals surface area (Å²) >= 11 is 0. The number of carbonyl (C=O) groups is 1. The van der Waals surface area contributed by atoms with Gasteiger partial charge in [-0.25, -0.2) is 4.57 Å². The van der Waals surface area contributed by atoms with Gasteiger partial charge in [-0.15, -0.1) is 0 Å². The summed E-state index contributed by atoms with van der Waals surface area (Å²) in [5.41, 5.74) is 0.255.